The van der Waals surface area contributed by atoms with Gasteiger partial charge in [0, 0.05) is 0 Å². The third-order valence-electron chi connectivity index (χ3n) is 5.16. The number of hydrogen-bond acceptors (Lipinski definition) is 11. The average Bonchev–Trinajstić information content (AvgIpc) is 3.09. The monoisotopic (exact) mass is 424 g/mol. The van der Waals surface area contributed by atoms with Gasteiger partial charge in [-0.15, -0.1) is 20.2 Å². The first-order valence-corrected chi connectivity index (χ1v) is 8.87. The molecule has 0 aromatic heterocycles. The normalized spacial score (nSPS) is 29.7. The molecule has 0 radical (unpaired) electrons. The topological polar surface area (TPSA) is 190 Å². The number of nitrogens with zero attached hydrogens (tertiary/aromatic N) is 2. The summed E-state index contributed by atoms with van der Waals surface area (Å²) < 4.78 is 16.0. The summed E-state index contributed by atoms with van der Waals surface area (Å²) in [5, 5.41) is 38.1. The molecule has 1 unspecified atom stereocenters. The van der Waals surface area contributed by atoms with Crippen LogP contribution in [0.3, 0.4) is 0 Å². The van der Waals surface area contributed by atoms with Gasteiger partial charge in [-0.1, -0.05) is 13.8 Å². The first-order valence-electron chi connectivity index (χ1n) is 8.87. The van der Waals surface area contributed by atoms with Gasteiger partial charge in [-0.25, -0.2) is 4.79 Å². The number of ether oxygens (including phenoxy) is 3. The van der Waals surface area contributed by atoms with Crippen molar-refractivity contribution in [2.24, 2.45) is 5.41 Å². The standard InChI is InChI=1S/C15H24N2O12/c1-14(2,5-9(29-17(23)24)6-27-16(21)22)3-4-15-11(18)8-25-12(15)10(7-26-15)28-13(19)20/h9-12,18H,3-8H2,1-2H3,(H,19,20)/t9?,10-,11-,12-,15-/m1/s1. The van der Waals surface area contributed by atoms with E-state index in [9.17, 15) is 30.1 Å². The largest absolute Gasteiger partial charge is 0.506 e. The minimum absolute atomic E-state index is 0.0473. The van der Waals surface area contributed by atoms with Crippen LogP contribution in [0.15, 0.2) is 0 Å². The molecule has 14 heteroatoms. The van der Waals surface area contributed by atoms with Crippen LogP contribution < -0.4 is 0 Å². The molecule has 2 heterocycles. The second-order valence-corrected chi connectivity index (χ2v) is 7.80. The Morgan fingerprint density at radius 2 is 2.00 bits per heavy atom. The van der Waals surface area contributed by atoms with Gasteiger partial charge in [0.2, 0.25) is 0 Å². The maximum atomic E-state index is 10.8. The molecule has 2 rings (SSSR count). The fourth-order valence-corrected chi connectivity index (χ4v) is 3.84. The highest BCUT2D eigenvalue weighted by atomic mass is 17.0. The van der Waals surface area contributed by atoms with Gasteiger partial charge in [0.15, 0.2) is 6.10 Å². The van der Waals surface area contributed by atoms with Crippen molar-refractivity contribution in [1.29, 1.82) is 0 Å². The molecule has 166 valence electrons. The third kappa shape index (κ3) is 5.77. The number of carboxylic acid groups (broad SMARTS) is 1. The smallest absolute Gasteiger partial charge is 0.450 e. The number of rotatable bonds is 11. The zero-order chi connectivity index (χ0) is 21.8. The van der Waals surface area contributed by atoms with Crippen molar-refractivity contribution in [2.75, 3.05) is 19.8 Å². The Balaban J connectivity index is 2.02. The summed E-state index contributed by atoms with van der Waals surface area (Å²) in [6, 6.07) is 0. The number of carbonyl (C=O) groups is 1. The molecule has 0 amide bonds. The van der Waals surface area contributed by atoms with Crippen LogP contribution in [0.4, 0.5) is 4.79 Å². The summed E-state index contributed by atoms with van der Waals surface area (Å²) in [7, 11) is 0. The Bertz CT molecular complexity index is 628. The molecule has 29 heavy (non-hydrogen) atoms. The molecular weight excluding hydrogens is 400 g/mol. The maximum absolute atomic E-state index is 10.8. The molecule has 2 aliphatic heterocycles. The van der Waals surface area contributed by atoms with Crippen LogP contribution in [0.1, 0.15) is 33.1 Å². The van der Waals surface area contributed by atoms with Gasteiger partial charge in [0.25, 0.3) is 10.2 Å². The quantitative estimate of drug-likeness (QED) is 0.266. The number of hydrogen-bond donors (Lipinski definition) is 2. The minimum Gasteiger partial charge on any atom is -0.450 e. The Hall–Kier alpha value is -2.45. The predicted molar refractivity (Wildman–Crippen MR) is 89.8 cm³/mol. The summed E-state index contributed by atoms with van der Waals surface area (Å²) >= 11 is 0. The molecule has 0 aromatic carbocycles. The van der Waals surface area contributed by atoms with Crippen LogP contribution in [-0.2, 0) is 23.9 Å². The van der Waals surface area contributed by atoms with Crippen molar-refractivity contribution in [1.82, 2.24) is 0 Å². The Labute approximate surface area is 164 Å². The van der Waals surface area contributed by atoms with Crippen LogP contribution in [0.25, 0.3) is 0 Å². The van der Waals surface area contributed by atoms with Gasteiger partial charge < -0.3 is 34.1 Å². The van der Waals surface area contributed by atoms with E-state index >= 15 is 0 Å². The summed E-state index contributed by atoms with van der Waals surface area (Å²) in [5.74, 6) is 0. The van der Waals surface area contributed by atoms with E-state index in [1.54, 1.807) is 13.8 Å². The maximum Gasteiger partial charge on any atom is 0.506 e. The molecule has 2 fully saturated rings. The summed E-state index contributed by atoms with van der Waals surface area (Å²) in [4.78, 5) is 40.5. The number of fused-ring (bicyclic) bond motifs is 1. The average molecular weight is 424 g/mol. The summed E-state index contributed by atoms with van der Waals surface area (Å²) in [6.07, 6.45) is -4.67. The second kappa shape index (κ2) is 8.92. The fraction of sp³-hybridized carbons (Fsp3) is 0.933. The fourth-order valence-electron chi connectivity index (χ4n) is 3.84. The zero-order valence-electron chi connectivity index (χ0n) is 15.9. The van der Waals surface area contributed by atoms with Gasteiger partial charge in [0.05, 0.1) is 13.2 Å². The van der Waals surface area contributed by atoms with Crippen LogP contribution in [0.2, 0.25) is 0 Å². The lowest BCUT2D eigenvalue weighted by Crippen LogP contribution is -2.48. The highest BCUT2D eigenvalue weighted by molar-refractivity contribution is 5.57. The first kappa shape index (κ1) is 22.8. The Morgan fingerprint density at radius 1 is 1.31 bits per heavy atom. The molecule has 5 atom stereocenters. The van der Waals surface area contributed by atoms with Crippen LogP contribution in [0, 0.1) is 25.6 Å². The summed E-state index contributed by atoms with van der Waals surface area (Å²) in [5.41, 5.74) is -1.80. The van der Waals surface area contributed by atoms with Crippen LogP contribution in [0.5, 0.6) is 0 Å². The highest BCUT2D eigenvalue weighted by Crippen LogP contribution is 2.45. The lowest BCUT2D eigenvalue weighted by atomic mass is 9.77. The minimum atomic E-state index is -1.48. The molecule has 0 aromatic rings. The first-order chi connectivity index (χ1) is 13.4. The van der Waals surface area contributed by atoms with E-state index in [0.717, 1.165) is 0 Å². The molecule has 2 N–H and O–H groups in total. The van der Waals surface area contributed by atoms with E-state index in [1.165, 1.54) is 0 Å². The molecule has 0 bridgehead atoms. The van der Waals surface area contributed by atoms with E-state index in [4.69, 9.17) is 19.3 Å². The second-order valence-electron chi connectivity index (χ2n) is 7.80. The number of aliphatic hydroxyl groups excluding tert-OH is 1. The van der Waals surface area contributed by atoms with Crippen LogP contribution in [-0.4, -0.2) is 76.4 Å². The Morgan fingerprint density at radius 3 is 2.59 bits per heavy atom. The van der Waals surface area contributed by atoms with Crippen molar-refractivity contribution in [3.63, 3.8) is 0 Å². The van der Waals surface area contributed by atoms with Gasteiger partial charge >= 0.3 is 6.16 Å². The zero-order valence-corrected chi connectivity index (χ0v) is 15.9. The summed E-state index contributed by atoms with van der Waals surface area (Å²) in [6.45, 7) is 2.81. The van der Waals surface area contributed by atoms with E-state index in [-0.39, 0.29) is 26.1 Å². The van der Waals surface area contributed by atoms with Crippen molar-refractivity contribution >= 4 is 6.16 Å². The van der Waals surface area contributed by atoms with E-state index in [0.29, 0.717) is 6.42 Å². The van der Waals surface area contributed by atoms with E-state index in [2.05, 4.69) is 9.68 Å². The van der Waals surface area contributed by atoms with Gasteiger partial charge in [0.1, 0.15) is 30.5 Å². The predicted octanol–water partition coefficient (Wildman–Crippen LogP) is 0.560. The van der Waals surface area contributed by atoms with Gasteiger partial charge in [-0.3, -0.25) is 0 Å². The van der Waals surface area contributed by atoms with E-state index < -0.39 is 58.4 Å². The lowest BCUT2D eigenvalue weighted by Gasteiger charge is -2.35. The van der Waals surface area contributed by atoms with Crippen molar-refractivity contribution < 1.29 is 49.1 Å². The SMILES string of the molecule is CC(C)(CC[C@]12OC[C@@H](OC(=O)O)[C@H]1OC[C@H]2O)CC(CO[N+](=O)[O-])O[N+](=O)[O-]. The van der Waals surface area contributed by atoms with Gasteiger partial charge in [-0.05, 0) is 24.7 Å². The van der Waals surface area contributed by atoms with E-state index in [1.807, 2.05) is 0 Å². The third-order valence-corrected chi connectivity index (χ3v) is 5.16. The molecule has 2 aliphatic rings. The molecular formula is C15H24N2O12. The van der Waals surface area contributed by atoms with Crippen molar-refractivity contribution in [3.8, 4) is 0 Å². The highest BCUT2D eigenvalue weighted by Gasteiger charge is 2.61. The number of aliphatic hydroxyl groups is 1. The Kier molecular flexibility index (Phi) is 7.02. The van der Waals surface area contributed by atoms with Crippen molar-refractivity contribution in [2.45, 2.75) is 63.1 Å². The molecule has 0 spiro atoms. The molecule has 14 nitrogen and oxygen atoms in total. The molecule has 2 saturated heterocycles. The molecule has 0 aliphatic carbocycles. The lowest BCUT2D eigenvalue weighted by molar-refractivity contribution is -0.790. The van der Waals surface area contributed by atoms with Crippen LogP contribution >= 0.6 is 0 Å². The van der Waals surface area contributed by atoms with Gasteiger partial charge in [-0.2, -0.15) is 0 Å². The molecule has 0 saturated carbocycles. The van der Waals surface area contributed by atoms with Crippen molar-refractivity contribution in [3.05, 3.63) is 20.2 Å².